The van der Waals surface area contributed by atoms with Gasteiger partial charge in [-0.3, -0.25) is 19.3 Å². The highest BCUT2D eigenvalue weighted by Gasteiger charge is 2.50. The van der Waals surface area contributed by atoms with Gasteiger partial charge in [-0.25, -0.2) is 8.42 Å². The van der Waals surface area contributed by atoms with Crippen LogP contribution < -0.4 is 5.32 Å². The van der Waals surface area contributed by atoms with Crippen LogP contribution in [0.2, 0.25) is 0 Å². The number of nitrogens with one attached hydrogen (secondary N) is 1. The lowest BCUT2D eigenvalue weighted by atomic mass is 9.85. The number of hydrogen-bond donors (Lipinski definition) is 1. The van der Waals surface area contributed by atoms with Gasteiger partial charge in [0.15, 0.2) is 0 Å². The number of aryl methyl sites for hydroxylation is 1. The first-order valence-corrected chi connectivity index (χ1v) is 12.0. The monoisotopic (exact) mass is 447 g/mol. The fourth-order valence-corrected chi connectivity index (χ4v) is 5.66. The number of rotatable bonds is 7. The molecule has 2 aliphatic rings. The summed E-state index contributed by atoms with van der Waals surface area (Å²) in [5.74, 6) is -1.99. The lowest BCUT2D eigenvalue weighted by molar-refractivity contribution is -0.146. The van der Waals surface area contributed by atoms with Crippen molar-refractivity contribution in [3.63, 3.8) is 0 Å². The minimum atomic E-state index is -3.69. The molecule has 0 unspecified atom stereocenters. The Bertz CT molecular complexity index is 1000. The summed E-state index contributed by atoms with van der Waals surface area (Å²) in [6.45, 7) is 7.46. The first-order chi connectivity index (χ1) is 14.6. The van der Waals surface area contributed by atoms with Crippen LogP contribution in [0.1, 0.15) is 39.2 Å². The summed E-state index contributed by atoms with van der Waals surface area (Å²) in [6, 6.07) is 3.56. The van der Waals surface area contributed by atoms with Gasteiger partial charge in [-0.15, -0.1) is 0 Å². The molecule has 3 rings (SSSR count). The minimum absolute atomic E-state index is 0.0789. The minimum Gasteiger partial charge on any atom is -0.324 e. The van der Waals surface area contributed by atoms with Crippen LogP contribution in [0.5, 0.6) is 0 Å². The standard InChI is InChI=1S/C22H29N3O5S/c1-5-24(6-2)31(29,30)16-12-11-14(3)19(13-16)23-20(26)15(4)25-21(27)17-9-7-8-10-18(17)22(25)28/h7-8,11-13,15,17-18H,5-6,9-10H2,1-4H3,(H,23,26)/t15-,17-,18+/m0/s1. The summed E-state index contributed by atoms with van der Waals surface area (Å²) >= 11 is 0. The molecule has 168 valence electrons. The van der Waals surface area contributed by atoms with Crippen molar-refractivity contribution in [3.8, 4) is 0 Å². The van der Waals surface area contributed by atoms with Crippen molar-refractivity contribution in [2.75, 3.05) is 18.4 Å². The maximum atomic E-state index is 12.9. The van der Waals surface area contributed by atoms with Gasteiger partial charge in [-0.1, -0.05) is 32.1 Å². The largest absolute Gasteiger partial charge is 0.324 e. The zero-order valence-electron chi connectivity index (χ0n) is 18.3. The molecule has 0 radical (unpaired) electrons. The molecule has 1 aliphatic carbocycles. The Morgan fingerprint density at radius 3 is 2.19 bits per heavy atom. The maximum absolute atomic E-state index is 12.9. The van der Waals surface area contributed by atoms with Crippen molar-refractivity contribution in [1.82, 2.24) is 9.21 Å². The molecule has 1 fully saturated rings. The van der Waals surface area contributed by atoms with Crippen molar-refractivity contribution >= 4 is 33.4 Å². The number of hydrogen-bond acceptors (Lipinski definition) is 5. The third-order valence-corrected chi connectivity index (χ3v) is 8.16. The fraction of sp³-hybridized carbons (Fsp3) is 0.500. The van der Waals surface area contributed by atoms with Crippen molar-refractivity contribution < 1.29 is 22.8 Å². The van der Waals surface area contributed by atoms with E-state index in [1.165, 1.54) is 23.4 Å². The van der Waals surface area contributed by atoms with E-state index in [0.717, 1.165) is 4.90 Å². The SMILES string of the molecule is CCN(CC)S(=O)(=O)c1ccc(C)c(NC(=O)[C@H](C)N2C(=O)[C@H]3CC=CC[C@H]3C2=O)c1. The highest BCUT2D eigenvalue weighted by molar-refractivity contribution is 7.89. The van der Waals surface area contributed by atoms with E-state index >= 15 is 0 Å². The summed E-state index contributed by atoms with van der Waals surface area (Å²) in [6.07, 6.45) is 4.80. The molecule has 8 nitrogen and oxygen atoms in total. The molecule has 3 amide bonds. The smallest absolute Gasteiger partial charge is 0.247 e. The average molecular weight is 448 g/mol. The van der Waals surface area contributed by atoms with Crippen LogP contribution in [-0.4, -0.2) is 54.5 Å². The number of carbonyl (C=O) groups excluding carboxylic acids is 3. The summed E-state index contributed by atoms with van der Waals surface area (Å²) < 4.78 is 27.0. The lowest BCUT2D eigenvalue weighted by Crippen LogP contribution is -2.46. The zero-order chi connectivity index (χ0) is 22.9. The van der Waals surface area contributed by atoms with E-state index in [-0.39, 0.29) is 16.7 Å². The maximum Gasteiger partial charge on any atom is 0.247 e. The first-order valence-electron chi connectivity index (χ1n) is 10.6. The molecule has 0 aromatic heterocycles. The normalized spacial score (nSPS) is 22.0. The number of carbonyl (C=O) groups is 3. The second kappa shape index (κ2) is 8.92. The van der Waals surface area contributed by atoms with Gasteiger partial charge < -0.3 is 5.32 Å². The second-order valence-corrected chi connectivity index (χ2v) is 9.87. The Balaban J connectivity index is 1.82. The van der Waals surface area contributed by atoms with Crippen LogP contribution in [0.4, 0.5) is 5.69 Å². The molecule has 1 saturated heterocycles. The predicted octanol–water partition coefficient (Wildman–Crippen LogP) is 2.30. The third kappa shape index (κ3) is 4.16. The topological polar surface area (TPSA) is 104 Å². The van der Waals surface area contributed by atoms with E-state index in [9.17, 15) is 22.8 Å². The van der Waals surface area contributed by atoms with Crippen LogP contribution >= 0.6 is 0 Å². The predicted molar refractivity (Wildman–Crippen MR) is 117 cm³/mol. The van der Waals surface area contributed by atoms with Crippen LogP contribution in [-0.2, 0) is 24.4 Å². The van der Waals surface area contributed by atoms with Crippen molar-refractivity contribution in [3.05, 3.63) is 35.9 Å². The van der Waals surface area contributed by atoms with Crippen molar-refractivity contribution in [2.45, 2.75) is 51.5 Å². The van der Waals surface area contributed by atoms with Gasteiger partial charge in [-0.2, -0.15) is 4.31 Å². The van der Waals surface area contributed by atoms with E-state index in [0.29, 0.717) is 37.2 Å². The lowest BCUT2D eigenvalue weighted by Gasteiger charge is -2.23. The Hall–Kier alpha value is -2.52. The highest BCUT2D eigenvalue weighted by Crippen LogP contribution is 2.36. The molecule has 0 saturated carbocycles. The number of fused-ring (bicyclic) bond motifs is 1. The summed E-state index contributed by atoms with van der Waals surface area (Å²) in [5.41, 5.74) is 1.01. The first kappa shape index (κ1) is 23.1. The molecule has 31 heavy (non-hydrogen) atoms. The number of likely N-dealkylation sites (tertiary alicyclic amines) is 1. The summed E-state index contributed by atoms with van der Waals surface area (Å²) in [5, 5.41) is 2.71. The van der Waals surface area contributed by atoms with Gasteiger partial charge in [0, 0.05) is 18.8 Å². The number of allylic oxidation sites excluding steroid dienone is 2. The molecule has 9 heteroatoms. The molecule has 1 aromatic carbocycles. The fourth-order valence-electron chi connectivity index (χ4n) is 4.17. The van der Waals surface area contributed by atoms with Crippen LogP contribution in [0.15, 0.2) is 35.2 Å². The molecule has 1 N–H and O–H groups in total. The molecule has 1 heterocycles. The summed E-state index contributed by atoms with van der Waals surface area (Å²) in [4.78, 5) is 39.6. The Kier molecular flexibility index (Phi) is 6.66. The van der Waals surface area contributed by atoms with Gasteiger partial charge in [-0.05, 0) is 44.4 Å². The second-order valence-electron chi connectivity index (χ2n) is 7.93. The number of imide groups is 1. The number of nitrogens with zero attached hydrogens (tertiary/aromatic N) is 2. The zero-order valence-corrected chi connectivity index (χ0v) is 19.1. The molecular formula is C22H29N3O5S. The molecular weight excluding hydrogens is 418 g/mol. The van der Waals surface area contributed by atoms with E-state index in [1.807, 2.05) is 12.2 Å². The third-order valence-electron chi connectivity index (χ3n) is 6.12. The quantitative estimate of drug-likeness (QED) is 0.510. The Morgan fingerprint density at radius 2 is 1.68 bits per heavy atom. The molecule has 0 bridgehead atoms. The molecule has 3 atom stereocenters. The van der Waals surface area contributed by atoms with Crippen molar-refractivity contribution in [1.29, 1.82) is 0 Å². The van der Waals surface area contributed by atoms with Gasteiger partial charge in [0.2, 0.25) is 27.7 Å². The van der Waals surface area contributed by atoms with Gasteiger partial charge in [0.1, 0.15) is 6.04 Å². The van der Waals surface area contributed by atoms with Gasteiger partial charge in [0.25, 0.3) is 0 Å². The number of anilines is 1. The van der Waals surface area contributed by atoms with Crippen molar-refractivity contribution in [2.24, 2.45) is 11.8 Å². The molecule has 0 spiro atoms. The van der Waals surface area contributed by atoms with E-state index in [2.05, 4.69) is 5.32 Å². The van der Waals surface area contributed by atoms with E-state index < -0.39 is 33.8 Å². The van der Waals surface area contributed by atoms with E-state index in [4.69, 9.17) is 0 Å². The number of amides is 3. The van der Waals surface area contributed by atoms with Crippen LogP contribution in [0.3, 0.4) is 0 Å². The molecule has 1 aromatic rings. The van der Waals surface area contributed by atoms with E-state index in [1.54, 1.807) is 26.8 Å². The molecule has 1 aliphatic heterocycles. The highest BCUT2D eigenvalue weighted by atomic mass is 32.2. The van der Waals surface area contributed by atoms with Crippen LogP contribution in [0.25, 0.3) is 0 Å². The Morgan fingerprint density at radius 1 is 1.13 bits per heavy atom. The number of benzene rings is 1. The van der Waals surface area contributed by atoms with Gasteiger partial charge in [0.05, 0.1) is 16.7 Å². The van der Waals surface area contributed by atoms with Crippen LogP contribution in [0, 0.1) is 18.8 Å². The summed E-state index contributed by atoms with van der Waals surface area (Å²) in [7, 11) is -3.69. The average Bonchev–Trinajstić information content (AvgIpc) is 3.00. The Labute approximate surface area is 183 Å². The number of sulfonamides is 1. The van der Waals surface area contributed by atoms with Gasteiger partial charge >= 0.3 is 0 Å².